The molecule has 0 saturated heterocycles. The average molecular weight is 223 g/mol. The monoisotopic (exact) mass is 223 g/mol. The summed E-state index contributed by atoms with van der Waals surface area (Å²) in [7, 11) is 0. The van der Waals surface area contributed by atoms with Crippen molar-refractivity contribution in [2.24, 2.45) is 0 Å². The Morgan fingerprint density at radius 2 is 1.46 bits per heavy atom. The minimum Gasteiger partial charge on any atom is -0.269 e. The second kappa shape index (κ2) is 7.96. The number of hydrogen-bond donors (Lipinski definition) is 0. The zero-order valence-corrected chi connectivity index (χ0v) is 8.33. The summed E-state index contributed by atoms with van der Waals surface area (Å²) in [6.45, 7) is 0. The van der Waals surface area contributed by atoms with Crippen LogP contribution >= 0.6 is 0 Å². The second-order valence-corrected chi connectivity index (χ2v) is 2.15. The molecule has 0 saturated carbocycles. The summed E-state index contributed by atoms with van der Waals surface area (Å²) in [5.41, 5.74) is 0. The van der Waals surface area contributed by atoms with Crippen molar-refractivity contribution >= 4 is 10.8 Å². The Hall–Kier alpha value is -0.666. The molecule has 0 aliphatic rings. The maximum Gasteiger partial charge on any atom is 0 e. The minimum atomic E-state index is 0. The summed E-state index contributed by atoms with van der Waals surface area (Å²) >= 11 is 0. The van der Waals surface area contributed by atoms with Gasteiger partial charge in [-0.05, 0) is 0 Å². The predicted molar refractivity (Wildman–Crippen MR) is 47.1 cm³/mol. The third kappa shape index (κ3) is 3.70. The molecule has 0 bridgehead atoms. The second-order valence-electron chi connectivity index (χ2n) is 2.15. The van der Waals surface area contributed by atoms with Crippen molar-refractivity contribution in [1.29, 1.82) is 0 Å². The van der Waals surface area contributed by atoms with E-state index in [2.05, 4.69) is 42.5 Å². The SMILES string of the molecule is F.F.F.[Ti].c1ccc2[cH-]ccc2c1. The average Bonchev–Trinajstić information content (AvgIpc) is 2.33. The number of fused-ring (bicyclic) bond motifs is 1. The molecule has 0 amide bonds. The molecular weight excluding hydrogens is 213 g/mol. The van der Waals surface area contributed by atoms with Gasteiger partial charge in [0.25, 0.3) is 0 Å². The standard InChI is InChI=1S/C9H7.3FH.Ti/c1-2-5-9-7-3-6-8(9)4-1;;;;/h1-7H;3*1H;/q-1;;;;. The van der Waals surface area contributed by atoms with E-state index in [0.29, 0.717) is 0 Å². The molecule has 13 heavy (non-hydrogen) atoms. The van der Waals surface area contributed by atoms with Crippen molar-refractivity contribution in [3.8, 4) is 0 Å². The molecule has 0 nitrogen and oxygen atoms in total. The summed E-state index contributed by atoms with van der Waals surface area (Å²) in [5.74, 6) is 0. The van der Waals surface area contributed by atoms with E-state index in [0.717, 1.165) is 0 Å². The predicted octanol–water partition coefficient (Wildman–Crippen LogP) is 3.01. The third-order valence-electron chi connectivity index (χ3n) is 1.55. The quantitative estimate of drug-likeness (QED) is 0.475. The summed E-state index contributed by atoms with van der Waals surface area (Å²) in [6.07, 6.45) is 0. The topological polar surface area (TPSA) is 0 Å². The van der Waals surface area contributed by atoms with E-state index < -0.39 is 0 Å². The molecule has 0 unspecified atom stereocenters. The summed E-state index contributed by atoms with van der Waals surface area (Å²) < 4.78 is 0. The van der Waals surface area contributed by atoms with Crippen LogP contribution in [0.25, 0.3) is 10.8 Å². The van der Waals surface area contributed by atoms with Crippen molar-refractivity contribution < 1.29 is 35.8 Å². The molecule has 0 spiro atoms. The summed E-state index contributed by atoms with van der Waals surface area (Å²) in [4.78, 5) is 0. The zero-order chi connectivity index (χ0) is 6.10. The van der Waals surface area contributed by atoms with Gasteiger partial charge in [0, 0.05) is 21.7 Å². The molecule has 0 heterocycles. The van der Waals surface area contributed by atoms with Crippen molar-refractivity contribution in [2.45, 2.75) is 0 Å². The van der Waals surface area contributed by atoms with Gasteiger partial charge in [0.2, 0.25) is 0 Å². The van der Waals surface area contributed by atoms with Crippen molar-refractivity contribution in [3.63, 3.8) is 0 Å². The Bertz CT molecular complexity index is 289. The van der Waals surface area contributed by atoms with Gasteiger partial charge >= 0.3 is 0 Å². The molecule has 0 aliphatic carbocycles. The fourth-order valence-electron chi connectivity index (χ4n) is 1.07. The van der Waals surface area contributed by atoms with Crippen LogP contribution in [0.5, 0.6) is 0 Å². The first-order valence-electron chi connectivity index (χ1n) is 3.07. The fourth-order valence-corrected chi connectivity index (χ4v) is 1.07. The molecule has 2 rings (SSSR count). The van der Waals surface area contributed by atoms with Crippen LogP contribution in [-0.4, -0.2) is 0 Å². The van der Waals surface area contributed by atoms with Crippen LogP contribution < -0.4 is 0 Å². The van der Waals surface area contributed by atoms with Crippen LogP contribution in [0.1, 0.15) is 0 Å². The van der Waals surface area contributed by atoms with Crippen molar-refractivity contribution in [1.82, 2.24) is 0 Å². The molecular formula is C9H10F3Ti-. The number of hydrogen-bond acceptors (Lipinski definition) is 0. The minimum absolute atomic E-state index is 0. The van der Waals surface area contributed by atoms with E-state index in [9.17, 15) is 0 Å². The van der Waals surface area contributed by atoms with Gasteiger partial charge in [-0.1, -0.05) is 6.07 Å². The normalized spacial score (nSPS) is 7.08. The van der Waals surface area contributed by atoms with Gasteiger partial charge in [-0.2, -0.15) is 17.5 Å². The first-order valence-corrected chi connectivity index (χ1v) is 3.07. The maximum absolute atomic E-state index is 2.12. The van der Waals surface area contributed by atoms with Crippen LogP contribution in [-0.2, 0) is 21.7 Å². The van der Waals surface area contributed by atoms with Gasteiger partial charge in [0.15, 0.2) is 0 Å². The van der Waals surface area contributed by atoms with Crippen LogP contribution in [0.4, 0.5) is 14.1 Å². The van der Waals surface area contributed by atoms with Crippen LogP contribution in [0.15, 0.2) is 42.5 Å². The van der Waals surface area contributed by atoms with Crippen molar-refractivity contribution in [3.05, 3.63) is 42.5 Å². The Morgan fingerprint density at radius 1 is 0.846 bits per heavy atom. The first-order chi connectivity index (χ1) is 4.47. The largest absolute Gasteiger partial charge is 0.269 e. The molecule has 0 N–H and O–H groups in total. The van der Waals surface area contributed by atoms with Gasteiger partial charge < -0.3 is 0 Å². The Labute approximate surface area is 89.3 Å². The van der Waals surface area contributed by atoms with Gasteiger partial charge in [-0.3, -0.25) is 14.1 Å². The van der Waals surface area contributed by atoms with Gasteiger partial charge in [-0.15, -0.1) is 29.7 Å². The molecule has 4 heteroatoms. The van der Waals surface area contributed by atoms with E-state index >= 15 is 0 Å². The van der Waals surface area contributed by atoms with Crippen LogP contribution in [0.3, 0.4) is 0 Å². The van der Waals surface area contributed by atoms with E-state index in [-0.39, 0.29) is 35.8 Å². The molecule has 72 valence electrons. The molecule has 0 radical (unpaired) electrons. The van der Waals surface area contributed by atoms with Crippen LogP contribution in [0.2, 0.25) is 0 Å². The smallest absolute Gasteiger partial charge is 0 e. The Morgan fingerprint density at radius 3 is 2.08 bits per heavy atom. The molecule has 0 atom stereocenters. The first kappa shape index (κ1) is 18.2. The van der Waals surface area contributed by atoms with Crippen LogP contribution in [0, 0.1) is 0 Å². The summed E-state index contributed by atoms with van der Waals surface area (Å²) in [6, 6.07) is 14.7. The van der Waals surface area contributed by atoms with E-state index in [1.807, 2.05) is 0 Å². The molecule has 2 aromatic rings. The zero-order valence-electron chi connectivity index (χ0n) is 6.77. The molecule has 0 fully saturated rings. The molecule has 2 aromatic carbocycles. The number of halogens is 3. The Kier molecular flexibility index (Phi) is 11.1. The third-order valence-corrected chi connectivity index (χ3v) is 1.55. The van der Waals surface area contributed by atoms with Gasteiger partial charge in [0.05, 0.1) is 0 Å². The molecule has 0 aliphatic heterocycles. The van der Waals surface area contributed by atoms with E-state index in [4.69, 9.17) is 0 Å². The fraction of sp³-hybridized carbons (Fsp3) is 0. The van der Waals surface area contributed by atoms with E-state index in [1.54, 1.807) is 0 Å². The van der Waals surface area contributed by atoms with E-state index in [1.165, 1.54) is 10.8 Å². The maximum atomic E-state index is 2.12. The van der Waals surface area contributed by atoms with Gasteiger partial charge in [-0.25, -0.2) is 0 Å². The van der Waals surface area contributed by atoms with Gasteiger partial charge in [0.1, 0.15) is 0 Å². The number of rotatable bonds is 0. The number of benzene rings is 1. The molecule has 0 aromatic heterocycles. The summed E-state index contributed by atoms with van der Waals surface area (Å²) in [5, 5.41) is 2.66. The Balaban J connectivity index is -0.000000250. The van der Waals surface area contributed by atoms with Crippen molar-refractivity contribution in [2.75, 3.05) is 0 Å².